The first-order chi connectivity index (χ1) is 6.74. The van der Waals surface area contributed by atoms with E-state index in [1.54, 1.807) is 5.38 Å². The zero-order chi connectivity index (χ0) is 10.1. The molecule has 70 valence electrons. The van der Waals surface area contributed by atoms with E-state index in [1.165, 1.54) is 17.7 Å². The molecular weight excluding hydrogens is 199 g/mol. The SMILES string of the molecule is CBc1ncnc2c(C(=O)O)csc12. The summed E-state index contributed by atoms with van der Waals surface area (Å²) in [4.78, 5) is 18.9. The van der Waals surface area contributed by atoms with Gasteiger partial charge in [-0.15, -0.1) is 11.3 Å². The Morgan fingerprint density at radius 1 is 1.57 bits per heavy atom. The molecule has 0 spiro atoms. The molecule has 2 aromatic rings. The lowest BCUT2D eigenvalue weighted by molar-refractivity contribution is 0.0699. The Morgan fingerprint density at radius 3 is 3.00 bits per heavy atom. The van der Waals surface area contributed by atoms with Gasteiger partial charge in [0.1, 0.15) is 6.33 Å². The summed E-state index contributed by atoms with van der Waals surface area (Å²) in [6.45, 7) is 1.99. The van der Waals surface area contributed by atoms with E-state index in [0.717, 1.165) is 17.6 Å². The van der Waals surface area contributed by atoms with Gasteiger partial charge in [0, 0.05) is 11.0 Å². The lowest BCUT2D eigenvalue weighted by Crippen LogP contribution is -2.15. The quantitative estimate of drug-likeness (QED) is 0.726. The van der Waals surface area contributed by atoms with Gasteiger partial charge in [0.2, 0.25) is 0 Å². The fourth-order valence-corrected chi connectivity index (χ4v) is 2.36. The second-order valence-corrected chi connectivity index (χ2v) is 3.69. The maximum atomic E-state index is 10.8. The topological polar surface area (TPSA) is 63.1 Å². The first kappa shape index (κ1) is 9.14. The van der Waals surface area contributed by atoms with Crippen molar-refractivity contribution in [2.45, 2.75) is 6.82 Å². The second kappa shape index (κ2) is 3.38. The molecule has 2 rings (SSSR count). The summed E-state index contributed by atoms with van der Waals surface area (Å²) in [7, 11) is 0.790. The molecule has 0 aromatic carbocycles. The van der Waals surface area contributed by atoms with Gasteiger partial charge in [-0.05, 0) is 0 Å². The molecule has 0 aliphatic heterocycles. The molecule has 6 heteroatoms. The van der Waals surface area contributed by atoms with Crippen LogP contribution in [0.4, 0.5) is 0 Å². The molecule has 0 fully saturated rings. The number of nitrogens with zero attached hydrogens (tertiary/aromatic N) is 2. The highest BCUT2D eigenvalue weighted by atomic mass is 32.1. The van der Waals surface area contributed by atoms with E-state index < -0.39 is 5.97 Å². The van der Waals surface area contributed by atoms with Crippen molar-refractivity contribution in [3.8, 4) is 0 Å². The van der Waals surface area contributed by atoms with Crippen LogP contribution < -0.4 is 5.59 Å². The van der Waals surface area contributed by atoms with Gasteiger partial charge >= 0.3 is 5.97 Å². The van der Waals surface area contributed by atoms with Crippen molar-refractivity contribution >= 4 is 40.4 Å². The standard InChI is InChI=1S/C8H7BN2O2S/c1-9-7-6-5(10-3-11-7)4(2-14-6)8(12)13/h2-3,9H,1H3,(H,12,13). The molecule has 0 radical (unpaired) electrons. The average Bonchev–Trinajstić information content (AvgIpc) is 2.60. The number of hydrogen-bond donors (Lipinski definition) is 1. The van der Waals surface area contributed by atoms with Crippen LogP contribution >= 0.6 is 11.3 Å². The van der Waals surface area contributed by atoms with Crippen LogP contribution in [-0.2, 0) is 0 Å². The van der Waals surface area contributed by atoms with Gasteiger partial charge in [0.25, 0.3) is 0 Å². The predicted octanol–water partition coefficient (Wildman–Crippen LogP) is 0.499. The fourth-order valence-electron chi connectivity index (χ4n) is 1.30. The molecule has 0 aliphatic carbocycles. The molecule has 2 heterocycles. The van der Waals surface area contributed by atoms with Crippen LogP contribution in [0, 0.1) is 0 Å². The third-order valence-electron chi connectivity index (χ3n) is 1.99. The van der Waals surface area contributed by atoms with Crippen LogP contribution in [0.3, 0.4) is 0 Å². The van der Waals surface area contributed by atoms with Gasteiger partial charge in [-0.2, -0.15) is 0 Å². The average molecular weight is 206 g/mol. The van der Waals surface area contributed by atoms with Crippen LogP contribution in [-0.4, -0.2) is 28.3 Å². The van der Waals surface area contributed by atoms with Crippen molar-refractivity contribution in [2.24, 2.45) is 0 Å². The number of carbonyl (C=O) groups is 1. The summed E-state index contributed by atoms with van der Waals surface area (Å²) in [6.07, 6.45) is 1.42. The third kappa shape index (κ3) is 1.28. The number of thiophene rings is 1. The lowest BCUT2D eigenvalue weighted by atomic mass is 9.77. The predicted molar refractivity (Wildman–Crippen MR) is 57.0 cm³/mol. The number of aromatic nitrogens is 2. The van der Waals surface area contributed by atoms with Crippen LogP contribution in [0.15, 0.2) is 11.7 Å². The summed E-state index contributed by atoms with van der Waals surface area (Å²) in [5, 5.41) is 10.5. The monoisotopic (exact) mass is 206 g/mol. The molecule has 0 saturated carbocycles. The van der Waals surface area contributed by atoms with Gasteiger partial charge in [-0.3, -0.25) is 4.98 Å². The van der Waals surface area contributed by atoms with E-state index in [4.69, 9.17) is 5.11 Å². The minimum Gasteiger partial charge on any atom is -0.478 e. The zero-order valence-electron chi connectivity index (χ0n) is 7.52. The van der Waals surface area contributed by atoms with Gasteiger partial charge in [-0.1, -0.05) is 6.82 Å². The van der Waals surface area contributed by atoms with Crippen LogP contribution in [0.25, 0.3) is 10.2 Å². The van der Waals surface area contributed by atoms with E-state index in [0.29, 0.717) is 5.52 Å². The maximum Gasteiger partial charge on any atom is 0.338 e. The number of aromatic carboxylic acids is 1. The van der Waals surface area contributed by atoms with E-state index in [9.17, 15) is 4.79 Å². The van der Waals surface area contributed by atoms with E-state index in [1.807, 2.05) is 6.82 Å². The first-order valence-corrected chi connectivity index (χ1v) is 5.06. The molecule has 14 heavy (non-hydrogen) atoms. The molecule has 0 atom stereocenters. The van der Waals surface area contributed by atoms with Gasteiger partial charge < -0.3 is 5.11 Å². The van der Waals surface area contributed by atoms with Crippen molar-refractivity contribution in [3.05, 3.63) is 17.3 Å². The van der Waals surface area contributed by atoms with E-state index in [2.05, 4.69) is 9.97 Å². The van der Waals surface area contributed by atoms with Crippen molar-refractivity contribution in [3.63, 3.8) is 0 Å². The molecule has 4 nitrogen and oxygen atoms in total. The molecular formula is C8H7BN2O2S. The van der Waals surface area contributed by atoms with Crippen molar-refractivity contribution in [1.82, 2.24) is 9.97 Å². The smallest absolute Gasteiger partial charge is 0.338 e. The second-order valence-electron chi connectivity index (χ2n) is 2.81. The minimum absolute atomic E-state index is 0.266. The number of carboxylic acids is 1. The number of rotatable bonds is 2. The summed E-state index contributed by atoms with van der Waals surface area (Å²) in [5.74, 6) is -0.933. The van der Waals surface area contributed by atoms with E-state index in [-0.39, 0.29) is 5.56 Å². The highest BCUT2D eigenvalue weighted by Crippen LogP contribution is 2.21. The summed E-state index contributed by atoms with van der Waals surface area (Å²) < 4.78 is 0.882. The minimum atomic E-state index is -0.933. The molecule has 2 aromatic heterocycles. The Kier molecular flexibility index (Phi) is 2.21. The third-order valence-corrected chi connectivity index (χ3v) is 3.01. The number of carboxylic acid groups (broad SMARTS) is 1. The fraction of sp³-hybridized carbons (Fsp3) is 0.125. The zero-order valence-corrected chi connectivity index (χ0v) is 8.34. The first-order valence-electron chi connectivity index (χ1n) is 4.18. The van der Waals surface area contributed by atoms with Crippen molar-refractivity contribution < 1.29 is 9.90 Å². The van der Waals surface area contributed by atoms with Crippen molar-refractivity contribution in [1.29, 1.82) is 0 Å². The van der Waals surface area contributed by atoms with Crippen LogP contribution in [0.5, 0.6) is 0 Å². The van der Waals surface area contributed by atoms with Gasteiger partial charge in [0.05, 0.1) is 15.8 Å². The highest BCUT2D eigenvalue weighted by Gasteiger charge is 2.14. The number of hydrogen-bond acceptors (Lipinski definition) is 4. The number of fused-ring (bicyclic) bond motifs is 1. The molecule has 0 bridgehead atoms. The van der Waals surface area contributed by atoms with Crippen LogP contribution in [0.2, 0.25) is 6.82 Å². The van der Waals surface area contributed by atoms with Gasteiger partial charge in [-0.25, -0.2) is 9.78 Å². The Morgan fingerprint density at radius 2 is 2.36 bits per heavy atom. The summed E-state index contributed by atoms with van der Waals surface area (Å²) in [6, 6.07) is 0. The van der Waals surface area contributed by atoms with Gasteiger partial charge in [0.15, 0.2) is 7.28 Å². The summed E-state index contributed by atoms with van der Waals surface area (Å²) >= 11 is 1.39. The largest absolute Gasteiger partial charge is 0.478 e. The Bertz CT molecular complexity index is 497. The lowest BCUT2D eigenvalue weighted by Gasteiger charge is -1.95. The van der Waals surface area contributed by atoms with Crippen molar-refractivity contribution in [2.75, 3.05) is 0 Å². The molecule has 0 aliphatic rings. The Hall–Kier alpha value is -1.43. The van der Waals surface area contributed by atoms with Crippen LogP contribution in [0.1, 0.15) is 10.4 Å². The molecule has 0 unspecified atom stereocenters. The highest BCUT2D eigenvalue weighted by molar-refractivity contribution is 7.18. The molecule has 1 N–H and O–H groups in total. The maximum absolute atomic E-state index is 10.8. The Labute approximate surface area is 84.9 Å². The summed E-state index contributed by atoms with van der Waals surface area (Å²) in [5.41, 5.74) is 1.73. The van der Waals surface area contributed by atoms with E-state index >= 15 is 0 Å². The molecule has 0 saturated heterocycles. The normalized spacial score (nSPS) is 10.4. The molecule has 0 amide bonds. The Balaban J connectivity index is 2.75.